The van der Waals surface area contributed by atoms with E-state index in [9.17, 15) is 19.5 Å². The summed E-state index contributed by atoms with van der Waals surface area (Å²) >= 11 is 6.14. The summed E-state index contributed by atoms with van der Waals surface area (Å²) in [7, 11) is 0. The molecule has 2 aromatic rings. The summed E-state index contributed by atoms with van der Waals surface area (Å²) in [6, 6.07) is 12.6. The summed E-state index contributed by atoms with van der Waals surface area (Å²) in [6.45, 7) is 6.63. The molecule has 10 heteroatoms. The van der Waals surface area contributed by atoms with Crippen molar-refractivity contribution in [2.45, 2.75) is 51.0 Å². The minimum absolute atomic E-state index is 0.107. The Labute approximate surface area is 262 Å². The Morgan fingerprint density at radius 3 is 2.23 bits per heavy atom. The minimum Gasteiger partial charge on any atom is -0.494 e. The van der Waals surface area contributed by atoms with Gasteiger partial charge in [0, 0.05) is 29.5 Å². The Hall–Kier alpha value is -3.66. The molecule has 1 spiro atoms. The SMILES string of the molecule is CCOc1ccc(N2CC=C[C@@H]3O[C@]45C=CCN(c6ccc(Cl)cc6)C(=O)C4N([C@@H](CO)[C@@H](C)CC)C(=O)[C@@H]5[C@@H]3C2=O)cc1. The first kappa shape index (κ1) is 30.4. The van der Waals surface area contributed by atoms with Crippen LogP contribution in [0.1, 0.15) is 27.2 Å². The smallest absolute Gasteiger partial charge is 0.253 e. The highest BCUT2D eigenvalue weighted by atomic mass is 35.5. The van der Waals surface area contributed by atoms with Crippen molar-refractivity contribution in [1.82, 2.24) is 4.90 Å². The van der Waals surface area contributed by atoms with E-state index >= 15 is 0 Å². The van der Waals surface area contributed by atoms with Crippen molar-refractivity contribution < 1.29 is 29.0 Å². The van der Waals surface area contributed by atoms with Crippen LogP contribution in [0, 0.1) is 17.8 Å². The third kappa shape index (κ3) is 4.82. The lowest BCUT2D eigenvalue weighted by molar-refractivity contribution is -0.145. The molecule has 0 aromatic heterocycles. The normalized spacial score (nSPS) is 29.2. The second-order valence-corrected chi connectivity index (χ2v) is 12.3. The molecule has 2 aromatic carbocycles. The van der Waals surface area contributed by atoms with Gasteiger partial charge >= 0.3 is 0 Å². The molecule has 0 aliphatic carbocycles. The quantitative estimate of drug-likeness (QED) is 0.444. The van der Waals surface area contributed by atoms with E-state index in [-0.39, 0.29) is 36.8 Å². The van der Waals surface area contributed by atoms with Crippen molar-refractivity contribution in [3.05, 3.63) is 77.9 Å². The monoisotopic (exact) mass is 619 g/mol. The first-order valence-electron chi connectivity index (χ1n) is 15.3. The van der Waals surface area contributed by atoms with Crippen LogP contribution in [0.4, 0.5) is 11.4 Å². The van der Waals surface area contributed by atoms with Crippen molar-refractivity contribution in [1.29, 1.82) is 0 Å². The highest BCUT2D eigenvalue weighted by Crippen LogP contribution is 2.54. The van der Waals surface area contributed by atoms with Crippen LogP contribution < -0.4 is 14.5 Å². The summed E-state index contributed by atoms with van der Waals surface area (Å²) in [6.07, 6.45) is 7.37. The average molecular weight is 620 g/mol. The van der Waals surface area contributed by atoms with Crippen molar-refractivity contribution in [3.8, 4) is 5.75 Å². The number of aliphatic hydroxyl groups is 1. The highest BCUT2D eigenvalue weighted by Gasteiger charge is 2.72. The number of halogens is 1. The van der Waals surface area contributed by atoms with Gasteiger partial charge in [-0.25, -0.2) is 0 Å². The van der Waals surface area contributed by atoms with Gasteiger partial charge in [0.05, 0.1) is 37.2 Å². The maximum Gasteiger partial charge on any atom is 0.253 e. The van der Waals surface area contributed by atoms with Gasteiger partial charge in [-0.1, -0.05) is 56.2 Å². The molecule has 6 rings (SSSR count). The molecule has 1 unspecified atom stereocenters. The zero-order chi connectivity index (χ0) is 31.2. The molecule has 4 heterocycles. The van der Waals surface area contributed by atoms with E-state index in [2.05, 4.69) is 0 Å². The molecular formula is C34H38ClN3O6. The molecule has 1 N–H and O–H groups in total. The van der Waals surface area contributed by atoms with Gasteiger partial charge in [0.2, 0.25) is 11.8 Å². The molecule has 0 radical (unpaired) electrons. The molecule has 0 saturated carbocycles. The van der Waals surface area contributed by atoms with Gasteiger partial charge < -0.3 is 29.3 Å². The fourth-order valence-corrected chi connectivity index (χ4v) is 7.35. The number of anilines is 2. The third-order valence-electron chi connectivity index (χ3n) is 9.54. The maximum atomic E-state index is 14.7. The third-order valence-corrected chi connectivity index (χ3v) is 9.79. The summed E-state index contributed by atoms with van der Waals surface area (Å²) in [5.74, 6) is -2.16. The topological polar surface area (TPSA) is 99.6 Å². The number of benzene rings is 2. The Morgan fingerprint density at radius 2 is 1.59 bits per heavy atom. The van der Waals surface area contributed by atoms with Crippen molar-refractivity contribution >= 4 is 40.7 Å². The summed E-state index contributed by atoms with van der Waals surface area (Å²) in [5.41, 5.74) is -0.0865. The number of likely N-dealkylation sites (tertiary alicyclic amines) is 1. The average Bonchev–Trinajstić information content (AvgIpc) is 3.34. The molecule has 0 bridgehead atoms. The molecule has 232 valence electrons. The zero-order valence-electron chi connectivity index (χ0n) is 25.1. The Balaban J connectivity index is 1.44. The molecule has 4 aliphatic heterocycles. The van der Waals surface area contributed by atoms with Crippen LogP contribution in [-0.4, -0.2) is 77.8 Å². The number of rotatable bonds is 8. The van der Waals surface area contributed by atoms with E-state index in [0.717, 1.165) is 0 Å². The largest absolute Gasteiger partial charge is 0.494 e. The second kappa shape index (κ2) is 12.0. The lowest BCUT2D eigenvalue weighted by atomic mass is 9.77. The first-order valence-corrected chi connectivity index (χ1v) is 15.7. The van der Waals surface area contributed by atoms with Gasteiger partial charge in [-0.15, -0.1) is 0 Å². The lowest BCUT2D eigenvalue weighted by Crippen LogP contribution is -2.59. The van der Waals surface area contributed by atoms with Gasteiger partial charge in [0.25, 0.3) is 5.91 Å². The molecule has 4 aliphatic rings. The summed E-state index contributed by atoms with van der Waals surface area (Å²) in [4.78, 5) is 48.6. The van der Waals surface area contributed by atoms with E-state index in [1.165, 1.54) is 4.90 Å². The molecule has 44 heavy (non-hydrogen) atoms. The first-order chi connectivity index (χ1) is 21.2. The number of hydrogen-bond donors (Lipinski definition) is 1. The van der Waals surface area contributed by atoms with Gasteiger partial charge in [-0.2, -0.15) is 0 Å². The van der Waals surface area contributed by atoms with E-state index in [1.807, 2.05) is 69.3 Å². The molecular weight excluding hydrogens is 582 g/mol. The van der Waals surface area contributed by atoms with Crippen LogP contribution in [-0.2, 0) is 19.1 Å². The molecule has 3 amide bonds. The molecule has 2 fully saturated rings. The molecule has 7 atom stereocenters. The van der Waals surface area contributed by atoms with E-state index < -0.39 is 35.6 Å². The predicted octanol–water partition coefficient (Wildman–Crippen LogP) is 4.23. The number of carbonyl (C=O) groups excluding carboxylic acids is 3. The zero-order valence-corrected chi connectivity index (χ0v) is 25.9. The van der Waals surface area contributed by atoms with Crippen molar-refractivity contribution in [2.75, 3.05) is 36.1 Å². The van der Waals surface area contributed by atoms with Gasteiger partial charge in [0.15, 0.2) is 0 Å². The van der Waals surface area contributed by atoms with E-state index in [0.29, 0.717) is 41.7 Å². The summed E-state index contributed by atoms with van der Waals surface area (Å²) in [5, 5.41) is 11.2. The fraction of sp³-hybridized carbons (Fsp3) is 0.441. The van der Waals surface area contributed by atoms with Crippen LogP contribution in [0.5, 0.6) is 5.75 Å². The van der Waals surface area contributed by atoms with Crippen LogP contribution >= 0.6 is 11.6 Å². The van der Waals surface area contributed by atoms with Gasteiger partial charge in [-0.05, 0) is 61.4 Å². The highest BCUT2D eigenvalue weighted by molar-refractivity contribution is 6.30. The number of fused-ring (bicyclic) bond motifs is 2. The van der Waals surface area contributed by atoms with Crippen molar-refractivity contribution in [2.24, 2.45) is 17.8 Å². The number of nitrogens with zero attached hydrogens (tertiary/aromatic N) is 3. The van der Waals surface area contributed by atoms with Crippen LogP contribution in [0.2, 0.25) is 5.02 Å². The maximum absolute atomic E-state index is 14.7. The predicted molar refractivity (Wildman–Crippen MR) is 168 cm³/mol. The van der Waals surface area contributed by atoms with Crippen molar-refractivity contribution in [3.63, 3.8) is 0 Å². The van der Waals surface area contributed by atoms with Crippen LogP contribution in [0.25, 0.3) is 0 Å². The molecule has 9 nitrogen and oxygen atoms in total. The van der Waals surface area contributed by atoms with E-state index in [4.69, 9.17) is 21.1 Å². The van der Waals surface area contributed by atoms with Crippen LogP contribution in [0.15, 0.2) is 72.8 Å². The minimum atomic E-state index is -1.40. The lowest BCUT2D eigenvalue weighted by Gasteiger charge is -2.40. The Morgan fingerprint density at radius 1 is 0.955 bits per heavy atom. The summed E-state index contributed by atoms with van der Waals surface area (Å²) < 4.78 is 12.4. The molecule has 2 saturated heterocycles. The van der Waals surface area contributed by atoms with Gasteiger partial charge in [0.1, 0.15) is 17.4 Å². The standard InChI is InChI=1S/C34H38ClN3O6/c1-4-21(3)26(20-39)38-30-33(42)37(23-11-9-22(35)10-12-23)19-7-17-34(30)29(32(38)41)28-27(44-34)8-6-18-36(31(28)40)24-13-15-25(16-14-24)43-5-2/h6-17,21,26-30,39H,4-5,18-20H2,1-3H3/t21-,26-,27-,28+,29-,30?,34-/m0/s1. The fourth-order valence-electron chi connectivity index (χ4n) is 7.22. The number of aliphatic hydroxyl groups excluding tert-OH is 1. The number of hydrogen-bond acceptors (Lipinski definition) is 6. The Kier molecular flexibility index (Phi) is 8.30. The number of carbonyl (C=O) groups is 3. The van der Waals surface area contributed by atoms with Crippen LogP contribution in [0.3, 0.4) is 0 Å². The second-order valence-electron chi connectivity index (χ2n) is 11.9. The Bertz CT molecular complexity index is 1480. The number of amides is 3. The number of ether oxygens (including phenoxy) is 2. The van der Waals surface area contributed by atoms with Gasteiger partial charge in [-0.3, -0.25) is 14.4 Å². The van der Waals surface area contributed by atoms with E-state index in [1.54, 1.807) is 34.1 Å².